The second kappa shape index (κ2) is 10.1. The third-order valence-electron chi connectivity index (χ3n) is 3.52. The van der Waals surface area contributed by atoms with Crippen LogP contribution in [0.3, 0.4) is 0 Å². The van der Waals surface area contributed by atoms with Gasteiger partial charge in [-0.1, -0.05) is 31.2 Å². The van der Waals surface area contributed by atoms with Crippen molar-refractivity contribution in [3.05, 3.63) is 59.7 Å². The number of hydrogen-bond acceptors (Lipinski definition) is 3. The van der Waals surface area contributed by atoms with E-state index >= 15 is 0 Å². The Bertz CT molecular complexity index is 677. The molecule has 4 N–H and O–H groups in total. The smallest absolute Gasteiger partial charge is 0.193 e. The van der Waals surface area contributed by atoms with Gasteiger partial charge in [0.15, 0.2) is 5.96 Å². The zero-order valence-corrected chi connectivity index (χ0v) is 16.2. The van der Waals surface area contributed by atoms with Crippen LogP contribution in [0, 0.1) is 0 Å². The molecule has 0 amide bonds. The van der Waals surface area contributed by atoms with Gasteiger partial charge in [0.05, 0.1) is 19.8 Å². The molecule has 130 valence electrons. The van der Waals surface area contributed by atoms with Crippen molar-refractivity contribution in [3.63, 3.8) is 0 Å². The summed E-state index contributed by atoms with van der Waals surface area (Å²) in [6.45, 7) is 2.28. The van der Waals surface area contributed by atoms with Gasteiger partial charge in [0.25, 0.3) is 0 Å². The van der Waals surface area contributed by atoms with Gasteiger partial charge >= 0.3 is 0 Å². The monoisotopic (exact) mass is 441 g/mol. The average molecular weight is 441 g/mol. The molecule has 0 aromatic heterocycles. The van der Waals surface area contributed by atoms with Crippen LogP contribution in [0.25, 0.3) is 0 Å². The minimum Gasteiger partial charge on any atom is -0.497 e. The molecule has 0 fully saturated rings. The number of aryl methyl sites for hydroxylation is 1. The van der Waals surface area contributed by atoms with Crippen LogP contribution in [0.4, 0.5) is 5.69 Å². The molecular weight excluding hydrogens is 417 g/mol. The fourth-order valence-electron chi connectivity index (χ4n) is 2.20. The minimum absolute atomic E-state index is 0. The highest BCUT2D eigenvalue weighted by molar-refractivity contribution is 14.0. The number of aliphatic hydroxyl groups excluding tert-OH is 1. The lowest BCUT2D eigenvalue weighted by molar-refractivity contribution is 0.187. The number of hydrogen-bond donors (Lipinski definition) is 3. The van der Waals surface area contributed by atoms with Gasteiger partial charge in [0, 0.05) is 5.69 Å². The Hall–Kier alpha value is -1.80. The van der Waals surface area contributed by atoms with Crippen molar-refractivity contribution in [1.82, 2.24) is 0 Å². The molecule has 0 saturated carbocycles. The molecule has 0 aliphatic heterocycles. The molecule has 1 atom stereocenters. The molecule has 24 heavy (non-hydrogen) atoms. The highest BCUT2D eigenvalue weighted by Gasteiger charge is 2.08. The highest BCUT2D eigenvalue weighted by Crippen LogP contribution is 2.19. The Morgan fingerprint density at radius 1 is 1.25 bits per heavy atom. The van der Waals surface area contributed by atoms with Crippen molar-refractivity contribution in [1.29, 1.82) is 0 Å². The zero-order chi connectivity index (χ0) is 16.7. The van der Waals surface area contributed by atoms with Gasteiger partial charge < -0.3 is 20.9 Å². The first-order chi connectivity index (χ1) is 11.1. The van der Waals surface area contributed by atoms with Crippen molar-refractivity contribution in [2.24, 2.45) is 10.7 Å². The molecule has 1 unspecified atom stereocenters. The number of benzene rings is 2. The van der Waals surface area contributed by atoms with Gasteiger partial charge in [-0.15, -0.1) is 24.0 Å². The number of guanidine groups is 1. The minimum atomic E-state index is -0.729. The number of nitrogens with two attached hydrogens (primary N) is 1. The van der Waals surface area contributed by atoms with Crippen LogP contribution in [0.5, 0.6) is 5.75 Å². The van der Waals surface area contributed by atoms with E-state index in [1.165, 1.54) is 5.56 Å². The van der Waals surface area contributed by atoms with E-state index in [4.69, 9.17) is 10.5 Å². The lowest BCUT2D eigenvalue weighted by Gasteiger charge is -2.11. The third-order valence-corrected chi connectivity index (χ3v) is 3.52. The quantitative estimate of drug-likeness (QED) is 0.365. The number of ether oxygens (including phenoxy) is 1. The van der Waals surface area contributed by atoms with Crippen molar-refractivity contribution < 1.29 is 9.84 Å². The molecule has 2 aromatic rings. The lowest BCUT2D eigenvalue weighted by Crippen LogP contribution is -2.23. The van der Waals surface area contributed by atoms with Crippen LogP contribution < -0.4 is 15.8 Å². The maximum absolute atomic E-state index is 10.2. The SMILES string of the molecule is CCc1cccc(NC(N)=NCC(O)c2cccc(OC)c2)c1.I. The lowest BCUT2D eigenvalue weighted by atomic mass is 10.1. The van der Waals surface area contributed by atoms with Gasteiger partial charge in [-0.2, -0.15) is 0 Å². The van der Waals surface area contributed by atoms with E-state index in [0.717, 1.165) is 17.7 Å². The Kier molecular flexibility index (Phi) is 8.56. The first kappa shape index (κ1) is 20.2. The summed E-state index contributed by atoms with van der Waals surface area (Å²) in [6.07, 6.45) is 0.230. The average Bonchev–Trinajstić information content (AvgIpc) is 2.59. The first-order valence-electron chi connectivity index (χ1n) is 7.60. The van der Waals surface area contributed by atoms with Gasteiger partial charge in [-0.25, -0.2) is 0 Å². The van der Waals surface area contributed by atoms with E-state index in [1.807, 2.05) is 36.4 Å². The van der Waals surface area contributed by atoms with E-state index in [9.17, 15) is 5.11 Å². The summed E-state index contributed by atoms with van der Waals surface area (Å²) in [6, 6.07) is 15.3. The fourth-order valence-corrected chi connectivity index (χ4v) is 2.20. The van der Waals surface area contributed by atoms with E-state index in [2.05, 4.69) is 23.3 Å². The van der Waals surface area contributed by atoms with Gasteiger partial charge in [0.1, 0.15) is 5.75 Å². The van der Waals surface area contributed by atoms with Gasteiger partial charge in [0.2, 0.25) is 0 Å². The first-order valence-corrected chi connectivity index (χ1v) is 7.60. The largest absolute Gasteiger partial charge is 0.497 e. The normalized spacial score (nSPS) is 12.2. The van der Waals surface area contributed by atoms with Gasteiger partial charge in [-0.3, -0.25) is 4.99 Å². The number of methoxy groups -OCH3 is 1. The molecule has 0 radical (unpaired) electrons. The number of nitrogens with one attached hydrogen (secondary N) is 1. The topological polar surface area (TPSA) is 79.9 Å². The Labute approximate surface area is 160 Å². The summed E-state index contributed by atoms with van der Waals surface area (Å²) < 4.78 is 5.15. The van der Waals surface area contributed by atoms with E-state index in [-0.39, 0.29) is 36.5 Å². The standard InChI is InChI=1S/C18H23N3O2.HI/c1-3-13-6-4-8-15(10-13)21-18(19)20-12-17(22)14-7-5-9-16(11-14)23-2;/h4-11,17,22H,3,12H2,1-2H3,(H3,19,20,21);1H. The Morgan fingerprint density at radius 2 is 2.00 bits per heavy atom. The number of nitrogens with zero attached hydrogens (tertiary/aromatic N) is 1. The highest BCUT2D eigenvalue weighted by atomic mass is 127. The van der Waals surface area contributed by atoms with Crippen LogP contribution in [0.2, 0.25) is 0 Å². The molecule has 0 spiro atoms. The summed E-state index contributed by atoms with van der Waals surface area (Å²) in [5, 5.41) is 13.2. The van der Waals surface area contributed by atoms with Crippen LogP contribution >= 0.6 is 24.0 Å². The molecule has 5 nitrogen and oxygen atoms in total. The number of halogens is 1. The summed E-state index contributed by atoms with van der Waals surface area (Å²) in [7, 11) is 1.59. The zero-order valence-electron chi connectivity index (χ0n) is 13.9. The summed E-state index contributed by atoms with van der Waals surface area (Å²) in [5.41, 5.74) is 8.74. The van der Waals surface area contributed by atoms with Crippen LogP contribution in [0.15, 0.2) is 53.5 Å². The summed E-state index contributed by atoms with van der Waals surface area (Å²) >= 11 is 0. The Balaban J connectivity index is 0.00000288. The van der Waals surface area contributed by atoms with E-state index in [1.54, 1.807) is 13.2 Å². The van der Waals surface area contributed by atoms with Crippen LogP contribution in [0.1, 0.15) is 24.2 Å². The second-order valence-electron chi connectivity index (χ2n) is 5.20. The maximum Gasteiger partial charge on any atom is 0.193 e. The summed E-state index contributed by atoms with van der Waals surface area (Å²) in [5.74, 6) is 0.980. The Morgan fingerprint density at radius 3 is 2.71 bits per heavy atom. The molecule has 0 saturated heterocycles. The molecule has 0 aliphatic rings. The van der Waals surface area contributed by atoms with Crippen molar-refractivity contribution in [2.45, 2.75) is 19.4 Å². The van der Waals surface area contributed by atoms with Crippen molar-refractivity contribution in [2.75, 3.05) is 19.0 Å². The second-order valence-corrected chi connectivity index (χ2v) is 5.20. The fraction of sp³-hybridized carbons (Fsp3) is 0.278. The summed E-state index contributed by atoms with van der Waals surface area (Å²) in [4.78, 5) is 4.20. The van der Waals surface area contributed by atoms with Crippen molar-refractivity contribution in [3.8, 4) is 5.75 Å². The molecule has 6 heteroatoms. The van der Waals surface area contributed by atoms with E-state index in [0.29, 0.717) is 5.75 Å². The predicted molar refractivity (Wildman–Crippen MR) is 109 cm³/mol. The van der Waals surface area contributed by atoms with E-state index < -0.39 is 6.10 Å². The molecule has 2 rings (SSSR count). The molecule has 2 aromatic carbocycles. The number of aliphatic hydroxyl groups is 1. The number of anilines is 1. The molecule has 0 aliphatic carbocycles. The molecule has 0 heterocycles. The molecular formula is C18H24IN3O2. The maximum atomic E-state index is 10.2. The predicted octanol–water partition coefficient (Wildman–Crippen LogP) is 3.34. The molecule has 0 bridgehead atoms. The third kappa shape index (κ3) is 6.01. The van der Waals surface area contributed by atoms with Crippen LogP contribution in [-0.2, 0) is 6.42 Å². The van der Waals surface area contributed by atoms with Crippen molar-refractivity contribution >= 4 is 35.6 Å². The number of aliphatic imine (C=N–C) groups is 1. The van der Waals surface area contributed by atoms with Crippen LogP contribution in [-0.4, -0.2) is 24.7 Å². The number of rotatable bonds is 6. The van der Waals surface area contributed by atoms with Gasteiger partial charge in [-0.05, 0) is 41.8 Å².